The van der Waals surface area contributed by atoms with Gasteiger partial charge in [0.2, 0.25) is 0 Å². The van der Waals surface area contributed by atoms with Crippen LogP contribution in [0.15, 0.2) is 60.7 Å². The molecule has 0 spiro atoms. The number of carbonyl (C=O) groups excluding carboxylic acids is 1. The van der Waals surface area contributed by atoms with Gasteiger partial charge in [-0.15, -0.1) is 0 Å². The molecule has 1 aromatic heterocycles. The first-order chi connectivity index (χ1) is 16.4. The second kappa shape index (κ2) is 10.9. The van der Waals surface area contributed by atoms with Crippen LogP contribution in [-0.4, -0.2) is 58.8 Å². The van der Waals surface area contributed by atoms with Crippen molar-refractivity contribution in [2.45, 2.75) is 38.8 Å². The Kier molecular flexibility index (Phi) is 7.68. The van der Waals surface area contributed by atoms with Gasteiger partial charge in [0.25, 0.3) is 5.91 Å². The summed E-state index contributed by atoms with van der Waals surface area (Å²) < 4.78 is 6.98. The number of piperidine rings is 1. The average Bonchev–Trinajstić information content (AvgIpc) is 3.21. The molecule has 2 heterocycles. The molecule has 1 saturated heterocycles. The number of ether oxygens (including phenoxy) is 1. The minimum atomic E-state index is 0.0460. The van der Waals surface area contributed by atoms with E-state index >= 15 is 0 Å². The van der Waals surface area contributed by atoms with E-state index in [2.05, 4.69) is 46.4 Å². The minimum absolute atomic E-state index is 0.0460. The molecule has 180 valence electrons. The smallest absolute Gasteiger partial charge is 0.272 e. The molecule has 1 atom stereocenters. The monoisotopic (exact) mass is 460 g/mol. The minimum Gasteiger partial charge on any atom is -0.497 e. The van der Waals surface area contributed by atoms with Crippen molar-refractivity contribution in [3.8, 4) is 5.75 Å². The number of hydrogen-bond donors (Lipinski definition) is 0. The summed E-state index contributed by atoms with van der Waals surface area (Å²) in [6.45, 7) is 4.95. The van der Waals surface area contributed by atoms with Crippen molar-refractivity contribution in [3.05, 3.63) is 83.2 Å². The van der Waals surface area contributed by atoms with E-state index in [0.29, 0.717) is 11.6 Å². The fraction of sp³-hybridized carbons (Fsp3) is 0.429. The first-order valence-corrected chi connectivity index (χ1v) is 12.1. The fourth-order valence-electron chi connectivity index (χ4n) is 5.10. The first kappa shape index (κ1) is 24.0. The zero-order valence-corrected chi connectivity index (χ0v) is 20.8. The third-order valence-electron chi connectivity index (χ3n) is 7.07. The summed E-state index contributed by atoms with van der Waals surface area (Å²) in [5.41, 5.74) is 4.09. The van der Waals surface area contributed by atoms with E-state index in [1.165, 1.54) is 11.1 Å². The lowest BCUT2D eigenvalue weighted by atomic mass is 9.84. The highest BCUT2D eigenvalue weighted by molar-refractivity contribution is 5.92. The average molecular weight is 461 g/mol. The summed E-state index contributed by atoms with van der Waals surface area (Å²) in [7, 11) is 5.50. The number of aromatic nitrogens is 2. The van der Waals surface area contributed by atoms with Crippen molar-refractivity contribution >= 4 is 5.91 Å². The molecular formula is C28H36N4O2. The van der Waals surface area contributed by atoms with Gasteiger partial charge in [-0.3, -0.25) is 14.4 Å². The molecule has 0 unspecified atom stereocenters. The number of amides is 1. The van der Waals surface area contributed by atoms with Gasteiger partial charge in [-0.05, 0) is 74.5 Å². The molecule has 3 aromatic rings. The standard InChI is InChI=1S/C28H36N4O2/c1-21-18-27(31(3)29-21)28(33)30(2)26(19-22-8-6-5-7-9-22)24-14-16-32(17-15-24)20-23-10-12-25(34-4)13-11-23/h5-13,18,24,26H,14-17,19-20H2,1-4H3/t26-/m1/s1. The maximum absolute atomic E-state index is 13.5. The van der Waals surface area contributed by atoms with Gasteiger partial charge in [0, 0.05) is 26.7 Å². The van der Waals surface area contributed by atoms with Crippen LogP contribution in [0.1, 0.15) is 40.2 Å². The van der Waals surface area contributed by atoms with Crippen molar-refractivity contribution in [2.24, 2.45) is 13.0 Å². The highest BCUT2D eigenvalue weighted by Crippen LogP contribution is 2.28. The lowest BCUT2D eigenvalue weighted by Gasteiger charge is -2.40. The Bertz CT molecular complexity index is 1070. The summed E-state index contributed by atoms with van der Waals surface area (Å²) in [4.78, 5) is 17.9. The van der Waals surface area contributed by atoms with Gasteiger partial charge in [-0.25, -0.2) is 0 Å². The van der Waals surface area contributed by atoms with Crippen LogP contribution in [0.5, 0.6) is 5.75 Å². The van der Waals surface area contributed by atoms with E-state index in [1.807, 2.05) is 50.2 Å². The molecule has 1 aliphatic rings. The Morgan fingerprint density at radius 1 is 1.09 bits per heavy atom. The zero-order chi connectivity index (χ0) is 24.1. The molecule has 1 amide bonds. The Hall–Kier alpha value is -3.12. The molecule has 6 heteroatoms. The number of benzene rings is 2. The predicted octanol–water partition coefficient (Wildman–Crippen LogP) is 4.33. The number of hydrogen-bond acceptors (Lipinski definition) is 4. The largest absolute Gasteiger partial charge is 0.497 e. The molecule has 4 rings (SSSR count). The van der Waals surface area contributed by atoms with E-state index in [1.54, 1.807) is 11.8 Å². The molecule has 1 aliphatic heterocycles. The summed E-state index contributed by atoms with van der Waals surface area (Å²) in [6, 6.07) is 20.9. The van der Waals surface area contributed by atoms with Gasteiger partial charge in [0.1, 0.15) is 11.4 Å². The molecule has 0 aliphatic carbocycles. The second-order valence-corrected chi connectivity index (χ2v) is 9.43. The number of aryl methyl sites for hydroxylation is 2. The van der Waals surface area contributed by atoms with Crippen LogP contribution in [0.2, 0.25) is 0 Å². The molecule has 0 radical (unpaired) electrons. The summed E-state index contributed by atoms with van der Waals surface area (Å²) in [5, 5.41) is 4.39. The topological polar surface area (TPSA) is 50.6 Å². The highest BCUT2D eigenvalue weighted by Gasteiger charge is 2.32. The number of likely N-dealkylation sites (tertiary alicyclic amines) is 1. The van der Waals surface area contributed by atoms with Crippen molar-refractivity contribution in [3.63, 3.8) is 0 Å². The van der Waals surface area contributed by atoms with Crippen LogP contribution >= 0.6 is 0 Å². The molecule has 34 heavy (non-hydrogen) atoms. The molecule has 2 aromatic carbocycles. The van der Waals surface area contributed by atoms with Crippen molar-refractivity contribution in [2.75, 3.05) is 27.2 Å². The first-order valence-electron chi connectivity index (χ1n) is 12.1. The zero-order valence-electron chi connectivity index (χ0n) is 20.8. The normalized spacial score (nSPS) is 15.8. The van der Waals surface area contributed by atoms with Crippen LogP contribution in [0.4, 0.5) is 0 Å². The Labute approximate surface area is 203 Å². The lowest BCUT2D eigenvalue weighted by Crippen LogP contribution is -2.47. The lowest BCUT2D eigenvalue weighted by molar-refractivity contribution is 0.0575. The summed E-state index contributed by atoms with van der Waals surface area (Å²) in [5.74, 6) is 1.39. The molecule has 0 bridgehead atoms. The number of methoxy groups -OCH3 is 1. The van der Waals surface area contributed by atoms with Gasteiger partial charge < -0.3 is 9.64 Å². The van der Waals surface area contributed by atoms with Crippen molar-refractivity contribution in [1.82, 2.24) is 19.6 Å². The van der Waals surface area contributed by atoms with Crippen molar-refractivity contribution in [1.29, 1.82) is 0 Å². The summed E-state index contributed by atoms with van der Waals surface area (Å²) in [6.07, 6.45) is 3.02. The molecule has 1 fully saturated rings. The van der Waals surface area contributed by atoms with Crippen LogP contribution in [0.25, 0.3) is 0 Å². The van der Waals surface area contributed by atoms with Gasteiger partial charge in [-0.1, -0.05) is 42.5 Å². The summed E-state index contributed by atoms with van der Waals surface area (Å²) >= 11 is 0. The SMILES string of the molecule is COc1ccc(CN2CCC([C@@H](Cc3ccccc3)N(C)C(=O)c3cc(C)nn3C)CC2)cc1. The van der Waals surface area contributed by atoms with E-state index < -0.39 is 0 Å². The Morgan fingerprint density at radius 2 is 1.76 bits per heavy atom. The molecular weight excluding hydrogens is 424 g/mol. The molecule has 6 nitrogen and oxygen atoms in total. The predicted molar refractivity (Wildman–Crippen MR) is 135 cm³/mol. The van der Waals surface area contributed by atoms with Crippen molar-refractivity contribution < 1.29 is 9.53 Å². The number of rotatable bonds is 8. The van der Waals surface area contributed by atoms with Gasteiger partial charge in [0.05, 0.1) is 12.8 Å². The Balaban J connectivity index is 1.45. The number of carbonyl (C=O) groups is 1. The van der Waals surface area contributed by atoms with E-state index in [4.69, 9.17) is 4.74 Å². The number of nitrogens with zero attached hydrogens (tertiary/aromatic N) is 4. The Morgan fingerprint density at radius 3 is 2.35 bits per heavy atom. The maximum Gasteiger partial charge on any atom is 0.272 e. The van der Waals surface area contributed by atoms with E-state index in [-0.39, 0.29) is 11.9 Å². The van der Waals surface area contributed by atoms with E-state index in [0.717, 1.165) is 50.3 Å². The van der Waals surface area contributed by atoms with Gasteiger partial charge in [-0.2, -0.15) is 5.10 Å². The molecule has 0 N–H and O–H groups in total. The third-order valence-corrected chi connectivity index (χ3v) is 7.07. The molecule has 0 saturated carbocycles. The fourth-order valence-corrected chi connectivity index (χ4v) is 5.10. The quantitative estimate of drug-likeness (QED) is 0.502. The maximum atomic E-state index is 13.5. The third kappa shape index (κ3) is 5.68. The van der Waals surface area contributed by atoms with Gasteiger partial charge in [0.15, 0.2) is 0 Å². The number of likely N-dealkylation sites (N-methyl/N-ethyl adjacent to an activating group) is 1. The van der Waals surface area contributed by atoms with E-state index in [9.17, 15) is 4.79 Å². The van der Waals surface area contributed by atoms with Crippen LogP contribution in [0.3, 0.4) is 0 Å². The highest BCUT2D eigenvalue weighted by atomic mass is 16.5. The van der Waals surface area contributed by atoms with Gasteiger partial charge >= 0.3 is 0 Å². The van der Waals surface area contributed by atoms with Crippen LogP contribution < -0.4 is 4.74 Å². The van der Waals surface area contributed by atoms with Crippen LogP contribution in [-0.2, 0) is 20.0 Å². The van der Waals surface area contributed by atoms with Crippen LogP contribution in [0, 0.1) is 12.8 Å². The second-order valence-electron chi connectivity index (χ2n) is 9.43.